The smallest absolute Gasteiger partial charge is 0.386 e. The van der Waals surface area contributed by atoms with Gasteiger partial charge in [-0.1, -0.05) is 47.7 Å². The van der Waals surface area contributed by atoms with Crippen molar-refractivity contribution in [3.8, 4) is 0 Å². The van der Waals surface area contributed by atoms with Crippen LogP contribution in [0.5, 0.6) is 0 Å². The van der Waals surface area contributed by atoms with E-state index in [1.54, 1.807) is 0 Å². The Balaban J connectivity index is 1.22. The van der Waals surface area contributed by atoms with Crippen LogP contribution in [0.15, 0.2) is 23.3 Å². The summed E-state index contributed by atoms with van der Waals surface area (Å²) in [6.45, 7) is -10.0. The van der Waals surface area contributed by atoms with Gasteiger partial charge in [-0.25, -0.2) is 19.1 Å². The number of thiol groups is 2. The second kappa shape index (κ2) is 12.4. The molecule has 254 valence electrons. The van der Waals surface area contributed by atoms with E-state index in [1.807, 2.05) is 0 Å². The number of nitrogens with one attached hydrogen (secondary N) is 1. The number of ether oxygens (including phenoxy) is 2. The fourth-order valence-electron chi connectivity index (χ4n) is 5.53. The maximum Gasteiger partial charge on any atom is 0.386 e. The van der Waals surface area contributed by atoms with Crippen LogP contribution < -0.4 is 11.3 Å². The van der Waals surface area contributed by atoms with Gasteiger partial charge < -0.3 is 25.4 Å². The third-order valence-electron chi connectivity index (χ3n) is 7.60. The fraction of sp³-hybridized carbons (Fsp3) is 0.455. The van der Waals surface area contributed by atoms with E-state index in [1.165, 1.54) is 27.6 Å². The van der Waals surface area contributed by atoms with Gasteiger partial charge in [0.1, 0.15) is 36.6 Å². The monoisotopic (exact) mass is 791 g/mol. The van der Waals surface area contributed by atoms with E-state index in [-0.39, 0.29) is 32.4 Å². The van der Waals surface area contributed by atoms with Crippen molar-refractivity contribution in [3.05, 3.63) is 44.1 Å². The van der Waals surface area contributed by atoms with Gasteiger partial charge in [0.25, 0.3) is 5.56 Å². The van der Waals surface area contributed by atoms with Crippen molar-refractivity contribution in [3.63, 3.8) is 0 Å². The van der Waals surface area contributed by atoms with E-state index in [4.69, 9.17) is 68.1 Å². The number of benzene rings is 1. The first-order chi connectivity index (χ1) is 22.1. The van der Waals surface area contributed by atoms with Crippen LogP contribution in [-0.2, 0) is 36.7 Å². The number of imidazole rings is 2. The first-order valence-corrected chi connectivity index (χ1v) is 19.9. The van der Waals surface area contributed by atoms with Crippen molar-refractivity contribution in [2.24, 2.45) is 0 Å². The molecule has 0 radical (unpaired) electrons. The van der Waals surface area contributed by atoms with Crippen LogP contribution in [0.4, 0.5) is 5.95 Å². The molecule has 18 nitrogen and oxygen atoms in total. The molecule has 3 aromatic heterocycles. The Kier molecular flexibility index (Phi) is 8.97. The highest BCUT2D eigenvalue weighted by Crippen LogP contribution is 2.60. The summed E-state index contributed by atoms with van der Waals surface area (Å²) in [4.78, 5) is 26.9. The molecule has 6 heterocycles. The van der Waals surface area contributed by atoms with E-state index >= 15 is 0 Å². The topological polar surface area (TPSA) is 237 Å². The molecule has 6 unspecified atom stereocenters. The first kappa shape index (κ1) is 34.0. The zero-order chi connectivity index (χ0) is 33.6. The number of anilines is 1. The largest absolute Gasteiger partial charge is 0.387 e. The minimum atomic E-state index is -4.41. The third-order valence-corrected chi connectivity index (χ3v) is 11.8. The number of aromatic nitrogens is 6. The van der Waals surface area contributed by atoms with Gasteiger partial charge in [-0.2, -0.15) is 4.98 Å². The molecular formula is C22H22Cl3N7O11P2S2. The van der Waals surface area contributed by atoms with E-state index in [2.05, 4.69) is 44.4 Å². The van der Waals surface area contributed by atoms with Crippen LogP contribution in [0, 0.1) is 0 Å². The number of aliphatic hydroxyl groups is 2. The van der Waals surface area contributed by atoms with Gasteiger partial charge in [0.15, 0.2) is 23.6 Å². The summed E-state index contributed by atoms with van der Waals surface area (Å²) >= 11 is 27.0. The molecule has 3 fully saturated rings. The van der Waals surface area contributed by atoms with Crippen molar-refractivity contribution in [2.45, 2.75) is 49.1 Å². The predicted molar refractivity (Wildman–Crippen MR) is 172 cm³/mol. The second-order valence-corrected chi connectivity index (χ2v) is 17.5. The number of fused-ring (bicyclic) bond motifs is 5. The molecule has 7 rings (SSSR count). The molecule has 3 aliphatic rings. The number of nitrogens with two attached hydrogens (primary N) is 1. The summed E-state index contributed by atoms with van der Waals surface area (Å²) in [6.07, 6.45) is -10.3. The lowest BCUT2D eigenvalue weighted by Crippen LogP contribution is -2.36. The molecule has 3 aliphatic heterocycles. The molecule has 2 bridgehead atoms. The molecule has 47 heavy (non-hydrogen) atoms. The Bertz CT molecular complexity index is 2050. The summed E-state index contributed by atoms with van der Waals surface area (Å²) in [5.74, 6) is -0.227. The number of hydrogen-bond acceptors (Lipinski definition) is 15. The lowest BCUT2D eigenvalue weighted by molar-refractivity contribution is -0.0573. The van der Waals surface area contributed by atoms with Crippen LogP contribution >= 0.6 is 72.9 Å². The normalized spacial score (nSPS) is 36.7. The zero-order valence-electron chi connectivity index (χ0n) is 23.1. The fourth-order valence-corrected chi connectivity index (χ4v) is 9.07. The van der Waals surface area contributed by atoms with E-state index in [0.29, 0.717) is 11.0 Å². The maximum atomic E-state index is 13.6. The molecule has 4 aromatic rings. The number of halogens is 3. The van der Waals surface area contributed by atoms with Crippen LogP contribution in [0.3, 0.4) is 0 Å². The van der Waals surface area contributed by atoms with Crippen molar-refractivity contribution in [1.29, 1.82) is 0 Å². The van der Waals surface area contributed by atoms with Gasteiger partial charge >= 0.3 is 13.6 Å². The summed E-state index contributed by atoms with van der Waals surface area (Å²) in [5, 5.41) is 22.7. The van der Waals surface area contributed by atoms with E-state index < -0.39 is 81.4 Å². The Morgan fingerprint density at radius 2 is 1.57 bits per heavy atom. The highest BCUT2D eigenvalue weighted by atomic mass is 35.5. The van der Waals surface area contributed by atoms with Crippen LogP contribution in [0.2, 0.25) is 15.3 Å². The highest BCUT2D eigenvalue weighted by molar-refractivity contribution is 8.44. The number of aliphatic hydroxyl groups excluding tert-OH is 2. The number of nitrogens with zero attached hydrogens (tertiary/aromatic N) is 5. The van der Waals surface area contributed by atoms with Crippen LogP contribution in [0.25, 0.3) is 22.2 Å². The average molecular weight is 793 g/mol. The molecule has 10 atom stereocenters. The Morgan fingerprint density at radius 1 is 0.936 bits per heavy atom. The number of H-pyrrole nitrogens is 1. The highest BCUT2D eigenvalue weighted by Gasteiger charge is 2.53. The van der Waals surface area contributed by atoms with Crippen molar-refractivity contribution in [2.75, 3.05) is 18.9 Å². The summed E-state index contributed by atoms with van der Waals surface area (Å²) < 4.78 is 64.0. The molecule has 3 saturated heterocycles. The van der Waals surface area contributed by atoms with E-state index in [9.17, 15) is 24.1 Å². The van der Waals surface area contributed by atoms with Gasteiger partial charge in [-0.15, -0.1) is 0 Å². The van der Waals surface area contributed by atoms with Gasteiger partial charge in [0.05, 0.1) is 40.6 Å². The molecule has 0 spiro atoms. The summed E-state index contributed by atoms with van der Waals surface area (Å²) in [6, 6.07) is 2.92. The van der Waals surface area contributed by atoms with Crippen molar-refractivity contribution < 1.29 is 46.9 Å². The van der Waals surface area contributed by atoms with Gasteiger partial charge in [0, 0.05) is 0 Å². The molecular weight excluding hydrogens is 771 g/mol. The number of rotatable bonds is 2. The summed E-state index contributed by atoms with van der Waals surface area (Å²) in [7, 11) is 0. The quantitative estimate of drug-likeness (QED) is 0.126. The second-order valence-electron chi connectivity index (χ2n) is 10.6. The number of hydrogen-bond donors (Lipinski definition) is 6. The number of nitrogen functional groups attached to an aromatic ring is 1. The minimum Gasteiger partial charge on any atom is -0.387 e. The van der Waals surface area contributed by atoms with E-state index in [0.717, 1.165) is 0 Å². The molecule has 0 aliphatic carbocycles. The molecule has 0 saturated carbocycles. The lowest BCUT2D eigenvalue weighted by Gasteiger charge is -2.27. The average Bonchev–Trinajstić information content (AvgIpc) is 3.70. The summed E-state index contributed by atoms with van der Waals surface area (Å²) in [5.41, 5.74) is 5.54. The Hall–Kier alpha value is -1.45. The van der Waals surface area contributed by atoms with Crippen molar-refractivity contribution >= 4 is 101 Å². The van der Waals surface area contributed by atoms with Crippen molar-refractivity contribution in [1.82, 2.24) is 29.1 Å². The minimum absolute atomic E-state index is 0.0403. The maximum absolute atomic E-state index is 13.6. The standard InChI is InChI=1S/C22H22Cl3N7O11P2S2/c23-6-1-8-9(2-7(6)24)32(21(25)28-8)20-16-13(33)10(40-20)3-38-44(36,46)42-15-11(4-39-45(37,47)43-16)41-19(14(15)34)31-5-27-12-17(31)29-22(26)30-18(12)35/h1-2,5,10-11,13-16,19-20,33-34H,3-4H2,(H,36,46)(H,37,47)(H3,26,29,30,35)/t10-,11-,13?,14?,15?,16?,19-,20-,44?,45?/m1/s1. The molecule has 25 heteroatoms. The zero-order valence-corrected chi connectivity index (χ0v) is 28.9. The first-order valence-electron chi connectivity index (χ1n) is 13.4. The predicted octanol–water partition coefficient (Wildman–Crippen LogP) is 3.12. The van der Waals surface area contributed by atoms with Gasteiger partial charge in [0.2, 0.25) is 11.2 Å². The third kappa shape index (κ3) is 6.26. The van der Waals surface area contributed by atoms with Crippen LogP contribution in [-0.4, -0.2) is 89.1 Å². The van der Waals surface area contributed by atoms with Crippen LogP contribution in [0.1, 0.15) is 12.5 Å². The van der Waals surface area contributed by atoms with Gasteiger partial charge in [-0.3, -0.25) is 37.0 Å². The Labute approximate surface area is 288 Å². The lowest BCUT2D eigenvalue weighted by atomic mass is 10.1. The molecule has 1 aromatic carbocycles. The molecule has 5 N–H and O–H groups in total. The Morgan fingerprint density at radius 3 is 2.30 bits per heavy atom. The van der Waals surface area contributed by atoms with Gasteiger partial charge in [-0.05, 0) is 23.7 Å². The number of aromatic amines is 1. The molecule has 0 amide bonds. The SMILES string of the molecule is Nc1nc2c(ncn2[C@@H]2O[C@@H]3COP(=O)(S)OC4C(O)[C@@H](COP(=O)(S)OC3C2O)O[C@H]4n2c(Cl)nc3cc(Cl)c(Cl)cc32)c(=O)[nH]1.